The van der Waals surface area contributed by atoms with E-state index in [0.29, 0.717) is 0 Å². The van der Waals surface area contributed by atoms with Crippen molar-refractivity contribution >= 4 is 7.07 Å². The van der Waals surface area contributed by atoms with Gasteiger partial charge in [0, 0.05) is 0 Å². The van der Waals surface area contributed by atoms with Crippen LogP contribution in [-0.2, 0) is 6.32 Å². The van der Waals surface area contributed by atoms with Crippen molar-refractivity contribution in [2.75, 3.05) is 0 Å². The molecule has 0 spiro atoms. The van der Waals surface area contributed by atoms with Crippen molar-refractivity contribution in [1.29, 1.82) is 0 Å². The first-order valence-corrected chi connectivity index (χ1v) is 3.23. The van der Waals surface area contributed by atoms with Crippen LogP contribution in [-0.4, -0.2) is 7.07 Å². The van der Waals surface area contributed by atoms with E-state index in [1.807, 2.05) is 24.3 Å². The van der Waals surface area contributed by atoms with E-state index in [0.717, 1.165) is 12.1 Å². The molecule has 0 aliphatic carbocycles. The average Bonchev–Trinajstić information content (AvgIpc) is 2.05. The monoisotopic (exact) mass is 131 g/mol. The summed E-state index contributed by atoms with van der Waals surface area (Å²) >= 11 is 0. The first kappa shape index (κ1) is 5.65. The molecule has 1 heterocycles. The Morgan fingerprint density at radius 3 is 3.20 bits per heavy atom. The zero-order valence-electron chi connectivity index (χ0n) is 5.45. The maximum absolute atomic E-state index is 4.99. The van der Waals surface area contributed by atoms with Crippen molar-refractivity contribution in [3.05, 3.63) is 29.8 Å². The summed E-state index contributed by atoms with van der Waals surface area (Å²) in [7, 11) is 1.77. The molecule has 0 unspecified atom stereocenters. The van der Waals surface area contributed by atoms with E-state index in [2.05, 4.69) is 5.06 Å². The second-order valence-corrected chi connectivity index (χ2v) is 2.19. The van der Waals surface area contributed by atoms with Gasteiger partial charge in [-0.25, -0.2) is 0 Å². The van der Waals surface area contributed by atoms with Crippen molar-refractivity contribution in [3.63, 3.8) is 0 Å². The Balaban J connectivity index is 2.47. The first-order chi connectivity index (χ1) is 4.97. The van der Waals surface area contributed by atoms with Crippen LogP contribution in [0.25, 0.3) is 0 Å². The van der Waals surface area contributed by atoms with Crippen LogP contribution in [0.1, 0.15) is 5.56 Å². The van der Waals surface area contributed by atoms with Gasteiger partial charge in [-0.2, -0.15) is 0 Å². The van der Waals surface area contributed by atoms with Crippen molar-refractivity contribution < 1.29 is 4.84 Å². The molecule has 48 valence electrons. The fourth-order valence-electron chi connectivity index (χ4n) is 0.991. The predicted molar refractivity (Wildman–Crippen MR) is 39.0 cm³/mol. The van der Waals surface area contributed by atoms with Crippen LogP contribution >= 0.6 is 0 Å². The fraction of sp³-hybridized carbons (Fsp3) is 0.143. The Labute approximate surface area is 59.7 Å². The molecule has 0 amide bonds. The molecule has 0 saturated heterocycles. The molecule has 0 saturated carbocycles. The first-order valence-electron chi connectivity index (χ1n) is 3.23. The second kappa shape index (κ2) is 2.25. The summed E-state index contributed by atoms with van der Waals surface area (Å²) in [4.78, 5) is 4.99. The molecule has 2 nitrogen and oxygen atoms in total. The minimum atomic E-state index is 0.880. The fourth-order valence-corrected chi connectivity index (χ4v) is 0.991. The summed E-state index contributed by atoms with van der Waals surface area (Å²) in [6, 6.07) is 7.91. The van der Waals surface area contributed by atoms with Gasteiger partial charge in [0.1, 0.15) is 0 Å². The molecule has 0 N–H and O–H groups in total. The number of para-hydroxylation sites is 1. The molecule has 0 fully saturated rings. The molecule has 3 heteroatoms. The standard InChI is InChI=1S/C7H6BNO/c1-2-4-7-6(3-1)5-8-9-10-7/h1-4H,5H2. The molecule has 1 aliphatic heterocycles. The van der Waals surface area contributed by atoms with Crippen LogP contribution in [0, 0.1) is 0 Å². The molecule has 0 bridgehead atoms. The molecular weight excluding hydrogens is 125 g/mol. The topological polar surface area (TPSA) is 21.6 Å². The van der Waals surface area contributed by atoms with E-state index in [9.17, 15) is 0 Å². The Bertz CT molecular complexity index is 245. The van der Waals surface area contributed by atoms with Crippen LogP contribution in [0.5, 0.6) is 5.75 Å². The van der Waals surface area contributed by atoms with E-state index in [-0.39, 0.29) is 0 Å². The number of nitrogens with zero attached hydrogens (tertiary/aromatic N) is 1. The van der Waals surface area contributed by atoms with Crippen molar-refractivity contribution in [1.82, 2.24) is 0 Å². The third kappa shape index (κ3) is 0.836. The molecule has 0 aromatic heterocycles. The van der Waals surface area contributed by atoms with Gasteiger partial charge in [-0.1, -0.05) is 0 Å². The summed E-state index contributed by atoms with van der Waals surface area (Å²) in [5.74, 6) is 0.880. The summed E-state index contributed by atoms with van der Waals surface area (Å²) < 4.78 is 0. The minimum absolute atomic E-state index is 0.880. The number of hydrogen-bond donors (Lipinski definition) is 0. The number of hydrogen-bond acceptors (Lipinski definition) is 2. The number of fused-ring (bicyclic) bond motifs is 1. The molecular formula is C7H6BNO. The average molecular weight is 131 g/mol. The zero-order chi connectivity index (χ0) is 6.81. The van der Waals surface area contributed by atoms with Crippen LogP contribution < -0.4 is 4.84 Å². The van der Waals surface area contributed by atoms with Crippen LogP contribution in [0.15, 0.2) is 29.3 Å². The van der Waals surface area contributed by atoms with Gasteiger partial charge in [-0.3, -0.25) is 0 Å². The Kier molecular flexibility index (Phi) is 1.27. The van der Waals surface area contributed by atoms with Gasteiger partial charge >= 0.3 is 58.9 Å². The molecule has 0 atom stereocenters. The van der Waals surface area contributed by atoms with Crippen molar-refractivity contribution in [2.24, 2.45) is 5.06 Å². The van der Waals surface area contributed by atoms with Gasteiger partial charge in [0.05, 0.1) is 0 Å². The van der Waals surface area contributed by atoms with Gasteiger partial charge < -0.3 is 0 Å². The van der Waals surface area contributed by atoms with E-state index in [1.165, 1.54) is 5.56 Å². The van der Waals surface area contributed by atoms with Gasteiger partial charge in [0.15, 0.2) is 0 Å². The van der Waals surface area contributed by atoms with Gasteiger partial charge in [-0.05, 0) is 0 Å². The van der Waals surface area contributed by atoms with Crippen LogP contribution in [0.3, 0.4) is 0 Å². The van der Waals surface area contributed by atoms with E-state index in [1.54, 1.807) is 7.07 Å². The third-order valence-electron chi connectivity index (χ3n) is 1.51. The summed E-state index contributed by atoms with van der Waals surface area (Å²) in [5.41, 5.74) is 1.21. The van der Waals surface area contributed by atoms with Crippen molar-refractivity contribution in [3.8, 4) is 5.75 Å². The van der Waals surface area contributed by atoms with E-state index >= 15 is 0 Å². The van der Waals surface area contributed by atoms with E-state index < -0.39 is 0 Å². The molecule has 10 heavy (non-hydrogen) atoms. The normalized spacial score (nSPS) is 13.2. The SMILES string of the molecule is B1=NOc2ccccc2C1. The molecule has 2 rings (SSSR count). The summed E-state index contributed by atoms with van der Waals surface area (Å²) in [5, 5.41) is 3.69. The van der Waals surface area contributed by atoms with Gasteiger partial charge in [0.25, 0.3) is 0 Å². The Hall–Kier alpha value is -1.12. The molecule has 1 aliphatic rings. The predicted octanol–water partition coefficient (Wildman–Crippen LogP) is 1.38. The second-order valence-electron chi connectivity index (χ2n) is 2.19. The summed E-state index contributed by atoms with van der Waals surface area (Å²) in [6.45, 7) is 0. The third-order valence-corrected chi connectivity index (χ3v) is 1.51. The van der Waals surface area contributed by atoms with E-state index in [4.69, 9.17) is 4.84 Å². The number of rotatable bonds is 0. The maximum atomic E-state index is 4.99. The molecule has 1 aromatic carbocycles. The zero-order valence-corrected chi connectivity index (χ0v) is 5.45. The van der Waals surface area contributed by atoms with Crippen LogP contribution in [0.4, 0.5) is 0 Å². The summed E-state index contributed by atoms with van der Waals surface area (Å²) in [6.07, 6.45) is 0.885. The Morgan fingerprint density at radius 1 is 1.40 bits per heavy atom. The molecule has 0 radical (unpaired) electrons. The molecule has 1 aromatic rings. The van der Waals surface area contributed by atoms with Crippen LogP contribution in [0.2, 0.25) is 0 Å². The van der Waals surface area contributed by atoms with Gasteiger partial charge in [-0.15, -0.1) is 0 Å². The van der Waals surface area contributed by atoms with Gasteiger partial charge in [0.2, 0.25) is 0 Å². The van der Waals surface area contributed by atoms with Crippen molar-refractivity contribution in [2.45, 2.75) is 6.32 Å². The quantitative estimate of drug-likeness (QED) is 0.487. The number of benzene rings is 1. The Morgan fingerprint density at radius 2 is 2.30 bits per heavy atom.